The first-order chi connectivity index (χ1) is 11.5. The summed E-state index contributed by atoms with van der Waals surface area (Å²) in [5.74, 6) is 1.68. The van der Waals surface area contributed by atoms with Crippen LogP contribution in [0.5, 0.6) is 5.75 Å². The monoisotopic (exact) mass is 325 g/mol. The molecule has 1 unspecified atom stereocenters. The fourth-order valence-electron chi connectivity index (χ4n) is 2.42. The molecule has 0 saturated carbocycles. The Hall–Kier alpha value is -2.29. The molecule has 2 aromatic carbocycles. The zero-order chi connectivity index (χ0) is 17.4. The molecule has 3 heteroatoms. The molecule has 0 aliphatic heterocycles. The van der Waals surface area contributed by atoms with Crippen molar-refractivity contribution in [2.75, 3.05) is 6.61 Å². The molecule has 24 heavy (non-hydrogen) atoms. The third-order valence-electron chi connectivity index (χ3n) is 3.86. The van der Waals surface area contributed by atoms with Crippen LogP contribution in [0.1, 0.15) is 44.2 Å². The van der Waals surface area contributed by atoms with Crippen molar-refractivity contribution in [1.82, 2.24) is 5.32 Å². The first-order valence-corrected chi connectivity index (χ1v) is 8.58. The van der Waals surface area contributed by atoms with Gasteiger partial charge in [-0.15, -0.1) is 0 Å². The molecule has 0 spiro atoms. The molecular weight excluding hydrogens is 298 g/mol. The third-order valence-corrected chi connectivity index (χ3v) is 3.86. The van der Waals surface area contributed by atoms with Crippen LogP contribution in [-0.4, -0.2) is 12.5 Å². The average molecular weight is 325 g/mol. The van der Waals surface area contributed by atoms with E-state index in [2.05, 4.69) is 38.2 Å². The minimum absolute atomic E-state index is 0.0755. The van der Waals surface area contributed by atoms with Gasteiger partial charge in [-0.1, -0.05) is 63.2 Å². The Kier molecular flexibility index (Phi) is 6.86. The Morgan fingerprint density at radius 3 is 2.29 bits per heavy atom. The first kappa shape index (κ1) is 18.1. The lowest BCUT2D eigenvalue weighted by atomic mass is 9.97. The zero-order valence-corrected chi connectivity index (χ0v) is 14.8. The summed E-state index contributed by atoms with van der Waals surface area (Å²) in [4.78, 5) is 12.1. The first-order valence-electron chi connectivity index (χ1n) is 8.58. The summed E-state index contributed by atoms with van der Waals surface area (Å²) in [6.45, 7) is 7.59. The fraction of sp³-hybridized carbons (Fsp3) is 0.381. The Labute approximate surface area is 145 Å². The second kappa shape index (κ2) is 9.11. The second-order valence-corrected chi connectivity index (χ2v) is 6.64. The van der Waals surface area contributed by atoms with Crippen LogP contribution in [0.4, 0.5) is 0 Å². The predicted octanol–water partition coefficient (Wildman–Crippen LogP) is 4.53. The number of rotatable bonds is 8. The molecule has 1 amide bonds. The van der Waals surface area contributed by atoms with E-state index in [1.54, 1.807) is 0 Å². The van der Waals surface area contributed by atoms with Gasteiger partial charge >= 0.3 is 0 Å². The molecule has 0 aliphatic carbocycles. The number of amides is 1. The number of benzene rings is 2. The van der Waals surface area contributed by atoms with Crippen molar-refractivity contribution >= 4 is 5.91 Å². The minimum atomic E-state index is 0.0755. The van der Waals surface area contributed by atoms with Gasteiger partial charge in [0.2, 0.25) is 5.91 Å². The van der Waals surface area contributed by atoms with Crippen molar-refractivity contribution < 1.29 is 9.53 Å². The van der Waals surface area contributed by atoms with Gasteiger partial charge in [-0.3, -0.25) is 4.79 Å². The summed E-state index contributed by atoms with van der Waals surface area (Å²) in [5, 5.41) is 2.99. The molecule has 0 aliphatic rings. The molecule has 1 atom stereocenters. The van der Waals surface area contributed by atoms with E-state index < -0.39 is 0 Å². The predicted molar refractivity (Wildman–Crippen MR) is 98.1 cm³/mol. The minimum Gasteiger partial charge on any atom is -0.493 e. The van der Waals surface area contributed by atoms with Gasteiger partial charge in [0.05, 0.1) is 6.61 Å². The molecule has 0 heterocycles. The topological polar surface area (TPSA) is 38.3 Å². The Morgan fingerprint density at radius 1 is 1.00 bits per heavy atom. The highest BCUT2D eigenvalue weighted by molar-refractivity contribution is 5.76. The van der Waals surface area contributed by atoms with Gasteiger partial charge in [-0.05, 0) is 35.1 Å². The molecular formula is C21H27NO2. The van der Waals surface area contributed by atoms with E-state index in [9.17, 15) is 4.79 Å². The smallest absolute Gasteiger partial charge is 0.220 e. The summed E-state index contributed by atoms with van der Waals surface area (Å²) in [6, 6.07) is 18.0. The lowest BCUT2D eigenvalue weighted by Gasteiger charge is -2.12. The molecule has 2 aromatic rings. The summed E-state index contributed by atoms with van der Waals surface area (Å²) in [6.07, 6.45) is 0.500. The molecule has 3 nitrogen and oxygen atoms in total. The second-order valence-electron chi connectivity index (χ2n) is 6.64. The fourth-order valence-corrected chi connectivity index (χ4v) is 2.42. The van der Waals surface area contributed by atoms with Gasteiger partial charge in [0.1, 0.15) is 5.75 Å². The van der Waals surface area contributed by atoms with E-state index in [1.165, 1.54) is 5.56 Å². The van der Waals surface area contributed by atoms with E-state index in [-0.39, 0.29) is 11.8 Å². The van der Waals surface area contributed by atoms with E-state index in [0.717, 1.165) is 11.3 Å². The van der Waals surface area contributed by atoms with Crippen molar-refractivity contribution in [2.45, 2.75) is 39.7 Å². The van der Waals surface area contributed by atoms with Crippen molar-refractivity contribution in [3.8, 4) is 5.75 Å². The van der Waals surface area contributed by atoms with Crippen molar-refractivity contribution in [3.05, 3.63) is 65.7 Å². The lowest BCUT2D eigenvalue weighted by Crippen LogP contribution is -2.24. The zero-order valence-electron chi connectivity index (χ0n) is 14.8. The van der Waals surface area contributed by atoms with Crippen molar-refractivity contribution in [1.29, 1.82) is 0 Å². The van der Waals surface area contributed by atoms with Gasteiger partial charge in [0.15, 0.2) is 0 Å². The molecule has 0 saturated heterocycles. The number of hydrogen-bond donors (Lipinski definition) is 1. The van der Waals surface area contributed by atoms with E-state index in [0.29, 0.717) is 25.5 Å². The van der Waals surface area contributed by atoms with E-state index in [4.69, 9.17) is 4.74 Å². The largest absolute Gasteiger partial charge is 0.493 e. The highest BCUT2D eigenvalue weighted by atomic mass is 16.5. The highest BCUT2D eigenvalue weighted by Gasteiger charge is 2.10. The number of ether oxygens (including phenoxy) is 1. The SMILES string of the molecule is CC(C)COc1ccc(CNC(=O)CC(C)c2ccccc2)cc1. The summed E-state index contributed by atoms with van der Waals surface area (Å²) in [7, 11) is 0. The van der Waals surface area contributed by atoms with Gasteiger partial charge < -0.3 is 10.1 Å². The van der Waals surface area contributed by atoms with Gasteiger partial charge in [0, 0.05) is 13.0 Å². The van der Waals surface area contributed by atoms with Crippen LogP contribution < -0.4 is 10.1 Å². The highest BCUT2D eigenvalue weighted by Crippen LogP contribution is 2.18. The van der Waals surface area contributed by atoms with Crippen molar-refractivity contribution in [2.24, 2.45) is 5.92 Å². The molecule has 2 rings (SSSR count). The third kappa shape index (κ3) is 6.07. The molecule has 1 N–H and O–H groups in total. The Bertz CT molecular complexity index is 620. The van der Waals surface area contributed by atoms with E-state index in [1.807, 2.05) is 42.5 Å². The maximum Gasteiger partial charge on any atom is 0.220 e. The molecule has 0 aromatic heterocycles. The summed E-state index contributed by atoms with van der Waals surface area (Å²) < 4.78 is 5.66. The number of carbonyl (C=O) groups excluding carboxylic acids is 1. The number of nitrogens with one attached hydrogen (secondary N) is 1. The quantitative estimate of drug-likeness (QED) is 0.774. The van der Waals surface area contributed by atoms with Gasteiger partial charge in [-0.2, -0.15) is 0 Å². The van der Waals surface area contributed by atoms with Crippen LogP contribution >= 0.6 is 0 Å². The van der Waals surface area contributed by atoms with Crippen LogP contribution in [0.2, 0.25) is 0 Å². The normalized spacial score (nSPS) is 12.0. The molecule has 0 fully saturated rings. The lowest BCUT2D eigenvalue weighted by molar-refractivity contribution is -0.121. The Morgan fingerprint density at radius 2 is 1.67 bits per heavy atom. The van der Waals surface area contributed by atoms with Gasteiger partial charge in [-0.25, -0.2) is 0 Å². The average Bonchev–Trinajstić information content (AvgIpc) is 2.59. The maximum absolute atomic E-state index is 12.1. The number of carbonyl (C=O) groups is 1. The van der Waals surface area contributed by atoms with E-state index >= 15 is 0 Å². The molecule has 0 radical (unpaired) electrons. The van der Waals surface area contributed by atoms with Crippen LogP contribution in [0.3, 0.4) is 0 Å². The summed E-state index contributed by atoms with van der Waals surface area (Å²) in [5.41, 5.74) is 2.27. The van der Waals surface area contributed by atoms with Gasteiger partial charge in [0.25, 0.3) is 0 Å². The van der Waals surface area contributed by atoms with Crippen LogP contribution in [0.25, 0.3) is 0 Å². The standard InChI is InChI=1S/C21H27NO2/c1-16(2)15-24-20-11-9-18(10-12-20)14-22-21(23)13-17(3)19-7-5-4-6-8-19/h4-12,16-17H,13-15H2,1-3H3,(H,22,23). The molecule has 128 valence electrons. The Balaban J connectivity index is 1.77. The summed E-state index contributed by atoms with van der Waals surface area (Å²) >= 11 is 0. The van der Waals surface area contributed by atoms with Crippen LogP contribution in [0, 0.1) is 5.92 Å². The maximum atomic E-state index is 12.1. The van der Waals surface area contributed by atoms with Crippen molar-refractivity contribution in [3.63, 3.8) is 0 Å². The van der Waals surface area contributed by atoms with Crippen LogP contribution in [-0.2, 0) is 11.3 Å². The molecule has 0 bridgehead atoms. The van der Waals surface area contributed by atoms with Crippen LogP contribution in [0.15, 0.2) is 54.6 Å². The number of hydrogen-bond acceptors (Lipinski definition) is 2.